The van der Waals surface area contributed by atoms with Gasteiger partial charge in [-0.15, -0.1) is 0 Å². The number of thiol groups is 1. The van der Waals surface area contributed by atoms with Crippen molar-refractivity contribution in [2.45, 2.75) is 18.2 Å². The van der Waals surface area contributed by atoms with Crippen molar-refractivity contribution in [1.29, 1.82) is 0 Å². The molecule has 2 N–H and O–H groups in total. The fourth-order valence-corrected chi connectivity index (χ4v) is 2.19. The van der Waals surface area contributed by atoms with Crippen LogP contribution in [0.15, 0.2) is 24.3 Å². The summed E-state index contributed by atoms with van der Waals surface area (Å²) in [6.45, 7) is 1.14. The zero-order valence-electron chi connectivity index (χ0n) is 8.39. The zero-order chi connectivity index (χ0) is 10.8. The quantitative estimate of drug-likeness (QED) is 0.738. The Hall–Kier alpha value is -1.00. The molecule has 3 nitrogen and oxygen atoms in total. The van der Waals surface area contributed by atoms with Crippen molar-refractivity contribution in [2.75, 3.05) is 11.4 Å². The number of hydrogen-bond acceptors (Lipinski definition) is 3. The number of para-hydroxylation sites is 1. The highest BCUT2D eigenvalue weighted by Gasteiger charge is 2.29. The summed E-state index contributed by atoms with van der Waals surface area (Å²) >= 11 is 4.33. The molecule has 1 heterocycles. The molecule has 80 valence electrons. The molecule has 1 saturated heterocycles. The van der Waals surface area contributed by atoms with E-state index in [0.717, 1.165) is 11.3 Å². The predicted octanol–water partition coefficient (Wildman–Crippen LogP) is 1.18. The van der Waals surface area contributed by atoms with Crippen molar-refractivity contribution in [2.24, 2.45) is 5.73 Å². The summed E-state index contributed by atoms with van der Waals surface area (Å²) in [5.74, 6) is 0.135. The highest BCUT2D eigenvalue weighted by atomic mass is 32.1. The summed E-state index contributed by atoms with van der Waals surface area (Å²) in [5, 5.41) is 0.142. The Morgan fingerprint density at radius 3 is 2.80 bits per heavy atom. The van der Waals surface area contributed by atoms with Gasteiger partial charge < -0.3 is 10.6 Å². The molecule has 0 radical (unpaired) electrons. The molecule has 1 aromatic carbocycles. The van der Waals surface area contributed by atoms with Crippen LogP contribution in [0.3, 0.4) is 0 Å². The van der Waals surface area contributed by atoms with Gasteiger partial charge in [0.05, 0.1) is 0 Å². The second-order valence-corrected chi connectivity index (χ2v) is 4.43. The first-order valence-electron chi connectivity index (χ1n) is 4.98. The zero-order valence-corrected chi connectivity index (χ0v) is 9.28. The molecule has 0 aromatic heterocycles. The topological polar surface area (TPSA) is 46.3 Å². The monoisotopic (exact) mass is 222 g/mol. The minimum atomic E-state index is 0.135. The van der Waals surface area contributed by atoms with E-state index in [1.807, 2.05) is 24.3 Å². The number of amides is 1. The SMILES string of the molecule is NCc1ccccc1N1CC(S)CC1=O. The van der Waals surface area contributed by atoms with E-state index in [0.29, 0.717) is 19.5 Å². The van der Waals surface area contributed by atoms with Gasteiger partial charge in [0.2, 0.25) is 5.91 Å². The number of hydrogen-bond donors (Lipinski definition) is 2. The molecule has 0 bridgehead atoms. The van der Waals surface area contributed by atoms with Crippen LogP contribution in [0, 0.1) is 0 Å². The van der Waals surface area contributed by atoms with Crippen LogP contribution in [0.5, 0.6) is 0 Å². The van der Waals surface area contributed by atoms with Gasteiger partial charge in [0.25, 0.3) is 0 Å². The van der Waals surface area contributed by atoms with E-state index in [1.54, 1.807) is 4.90 Å². The van der Waals surface area contributed by atoms with Crippen LogP contribution in [0.25, 0.3) is 0 Å². The van der Waals surface area contributed by atoms with E-state index in [1.165, 1.54) is 0 Å². The van der Waals surface area contributed by atoms with Gasteiger partial charge in [0.15, 0.2) is 0 Å². The summed E-state index contributed by atoms with van der Waals surface area (Å²) < 4.78 is 0. The number of benzene rings is 1. The van der Waals surface area contributed by atoms with Gasteiger partial charge in [-0.2, -0.15) is 12.6 Å². The van der Waals surface area contributed by atoms with E-state index < -0.39 is 0 Å². The highest BCUT2D eigenvalue weighted by molar-refractivity contribution is 7.81. The van der Waals surface area contributed by atoms with Gasteiger partial charge in [-0.05, 0) is 11.6 Å². The van der Waals surface area contributed by atoms with E-state index in [4.69, 9.17) is 5.73 Å². The lowest BCUT2D eigenvalue weighted by molar-refractivity contribution is -0.117. The molecule has 0 spiro atoms. The molecule has 1 fully saturated rings. The maximum absolute atomic E-state index is 11.7. The standard InChI is InChI=1S/C11H14N2OS/c12-6-8-3-1-2-4-10(8)13-7-9(15)5-11(13)14/h1-4,9,15H,5-7,12H2. The smallest absolute Gasteiger partial charge is 0.228 e. The summed E-state index contributed by atoms with van der Waals surface area (Å²) in [6, 6.07) is 7.75. The molecule has 4 heteroatoms. The molecule has 1 amide bonds. The maximum atomic E-state index is 11.7. The Bertz CT molecular complexity index is 381. The van der Waals surface area contributed by atoms with E-state index in [9.17, 15) is 4.79 Å². The first-order chi connectivity index (χ1) is 7.22. The Kier molecular flexibility index (Phi) is 2.98. The fraction of sp³-hybridized carbons (Fsp3) is 0.364. The van der Waals surface area contributed by atoms with E-state index >= 15 is 0 Å². The summed E-state index contributed by atoms with van der Waals surface area (Å²) in [7, 11) is 0. The maximum Gasteiger partial charge on any atom is 0.228 e. The number of carbonyl (C=O) groups excluding carboxylic acids is 1. The van der Waals surface area contributed by atoms with Gasteiger partial charge in [0, 0.05) is 30.4 Å². The van der Waals surface area contributed by atoms with Crippen molar-refractivity contribution in [3.63, 3.8) is 0 Å². The Labute approximate surface area is 94.7 Å². The molecule has 1 aromatic rings. The van der Waals surface area contributed by atoms with Crippen molar-refractivity contribution >= 4 is 24.2 Å². The van der Waals surface area contributed by atoms with Crippen LogP contribution in [-0.4, -0.2) is 17.7 Å². The number of nitrogens with two attached hydrogens (primary N) is 1. The molecule has 2 rings (SSSR count). The molecular formula is C11H14N2OS. The van der Waals surface area contributed by atoms with Crippen molar-refractivity contribution in [3.8, 4) is 0 Å². The average Bonchev–Trinajstić information content (AvgIpc) is 2.57. The van der Waals surface area contributed by atoms with Crippen LogP contribution in [0.4, 0.5) is 5.69 Å². The second kappa shape index (κ2) is 4.24. The van der Waals surface area contributed by atoms with Crippen LogP contribution in [0.1, 0.15) is 12.0 Å². The first kappa shape index (κ1) is 10.5. The van der Waals surface area contributed by atoms with E-state index in [2.05, 4.69) is 12.6 Å². The molecule has 15 heavy (non-hydrogen) atoms. The summed E-state index contributed by atoms with van der Waals surface area (Å²) in [6.07, 6.45) is 0.516. The third kappa shape index (κ3) is 2.01. The molecule has 0 saturated carbocycles. The lowest BCUT2D eigenvalue weighted by Gasteiger charge is -2.19. The third-order valence-electron chi connectivity index (χ3n) is 2.61. The lowest BCUT2D eigenvalue weighted by atomic mass is 10.1. The van der Waals surface area contributed by atoms with Gasteiger partial charge >= 0.3 is 0 Å². The molecule has 1 atom stereocenters. The molecule has 1 aliphatic heterocycles. The number of anilines is 1. The molecular weight excluding hydrogens is 208 g/mol. The van der Waals surface area contributed by atoms with Crippen LogP contribution in [-0.2, 0) is 11.3 Å². The predicted molar refractivity (Wildman–Crippen MR) is 64.1 cm³/mol. The van der Waals surface area contributed by atoms with Gasteiger partial charge in [-0.1, -0.05) is 18.2 Å². The Morgan fingerprint density at radius 2 is 2.20 bits per heavy atom. The molecule has 1 aliphatic rings. The molecule has 0 aliphatic carbocycles. The largest absolute Gasteiger partial charge is 0.326 e. The second-order valence-electron chi connectivity index (χ2n) is 3.70. The van der Waals surface area contributed by atoms with Crippen molar-refractivity contribution < 1.29 is 4.79 Å². The highest BCUT2D eigenvalue weighted by Crippen LogP contribution is 2.26. The van der Waals surface area contributed by atoms with Crippen molar-refractivity contribution in [1.82, 2.24) is 0 Å². The normalized spacial score (nSPS) is 21.1. The number of nitrogens with zero attached hydrogens (tertiary/aromatic N) is 1. The Balaban J connectivity index is 2.33. The van der Waals surface area contributed by atoms with Crippen molar-refractivity contribution in [3.05, 3.63) is 29.8 Å². The summed E-state index contributed by atoms with van der Waals surface area (Å²) in [4.78, 5) is 13.5. The number of carbonyl (C=O) groups is 1. The van der Waals surface area contributed by atoms with Crippen LogP contribution < -0.4 is 10.6 Å². The summed E-state index contributed by atoms with van der Waals surface area (Å²) in [5.41, 5.74) is 7.58. The number of rotatable bonds is 2. The van der Waals surface area contributed by atoms with E-state index in [-0.39, 0.29) is 11.2 Å². The Morgan fingerprint density at radius 1 is 1.47 bits per heavy atom. The minimum absolute atomic E-state index is 0.135. The lowest BCUT2D eigenvalue weighted by Crippen LogP contribution is -2.26. The van der Waals surface area contributed by atoms with Gasteiger partial charge in [-0.25, -0.2) is 0 Å². The van der Waals surface area contributed by atoms with Crippen LogP contribution >= 0.6 is 12.6 Å². The fourth-order valence-electron chi connectivity index (χ4n) is 1.87. The van der Waals surface area contributed by atoms with Gasteiger partial charge in [-0.3, -0.25) is 4.79 Å². The first-order valence-corrected chi connectivity index (χ1v) is 5.50. The minimum Gasteiger partial charge on any atom is -0.326 e. The third-order valence-corrected chi connectivity index (χ3v) is 2.95. The van der Waals surface area contributed by atoms with Gasteiger partial charge in [0.1, 0.15) is 0 Å². The molecule has 1 unspecified atom stereocenters. The average molecular weight is 222 g/mol. The van der Waals surface area contributed by atoms with Crippen LogP contribution in [0.2, 0.25) is 0 Å².